The summed E-state index contributed by atoms with van der Waals surface area (Å²) in [6, 6.07) is 0. The lowest BCUT2D eigenvalue weighted by Gasteiger charge is -2.35. The molecule has 1 fully saturated rings. The van der Waals surface area contributed by atoms with Crippen molar-refractivity contribution in [3.63, 3.8) is 0 Å². The Bertz CT molecular complexity index is 308. The molecule has 1 aliphatic rings. The first kappa shape index (κ1) is 11.2. The third-order valence-corrected chi connectivity index (χ3v) is 3.14. The molecule has 7 nitrogen and oxygen atoms in total. The second-order valence-electron chi connectivity index (χ2n) is 3.00. The first-order valence-electron chi connectivity index (χ1n) is 3.93. The van der Waals surface area contributed by atoms with Crippen LogP contribution in [0.5, 0.6) is 0 Å². The Labute approximate surface area is 82.0 Å². The van der Waals surface area contributed by atoms with Gasteiger partial charge in [0, 0.05) is 26.1 Å². The van der Waals surface area contributed by atoms with Gasteiger partial charge in [-0.25, -0.2) is 4.79 Å². The van der Waals surface area contributed by atoms with Crippen LogP contribution in [0.4, 0.5) is 4.79 Å². The summed E-state index contributed by atoms with van der Waals surface area (Å²) in [5, 5.41) is 0. The highest BCUT2D eigenvalue weighted by molar-refractivity contribution is 7.84. The molecule has 14 heavy (non-hydrogen) atoms. The Balaban J connectivity index is 2.42. The van der Waals surface area contributed by atoms with E-state index in [9.17, 15) is 13.2 Å². The predicted octanol–water partition coefficient (Wildman–Crippen LogP) is -1.10. The van der Waals surface area contributed by atoms with Crippen LogP contribution < -0.4 is 5.73 Å². The average molecular weight is 224 g/mol. The fourth-order valence-electron chi connectivity index (χ4n) is 1.20. The zero-order chi connectivity index (χ0) is 10.8. The van der Waals surface area contributed by atoms with E-state index < -0.39 is 16.4 Å². The van der Waals surface area contributed by atoms with E-state index in [2.05, 4.69) is 9.92 Å². The lowest BCUT2D eigenvalue weighted by atomic mass is 10.1. The van der Waals surface area contributed by atoms with Crippen LogP contribution in [0.2, 0.25) is 0 Å². The van der Waals surface area contributed by atoms with Crippen molar-refractivity contribution >= 4 is 16.4 Å². The van der Waals surface area contributed by atoms with Gasteiger partial charge < -0.3 is 14.7 Å². The van der Waals surface area contributed by atoms with Gasteiger partial charge in [0.05, 0.1) is 6.61 Å². The maximum Gasteiger partial charge on any atom is 0.421 e. The van der Waals surface area contributed by atoms with Gasteiger partial charge in [-0.3, -0.25) is 0 Å². The van der Waals surface area contributed by atoms with E-state index in [1.165, 1.54) is 7.11 Å². The molecule has 0 aromatic heterocycles. The summed E-state index contributed by atoms with van der Waals surface area (Å²) in [5.41, 5.74) is 4.60. The Kier molecular flexibility index (Phi) is 3.29. The number of rotatable bonds is 4. The van der Waals surface area contributed by atoms with Gasteiger partial charge in [0.1, 0.15) is 0 Å². The molecule has 2 N–H and O–H groups in total. The standard InChI is InChI=1S/C6H12N2O5S/c1-12-4-5-2-8(3-5)14(10,11)13-6(7)9/h5H,2-4H2,1H3,(H2,7,9). The molecule has 0 spiro atoms. The number of carbonyl (C=O) groups is 1. The normalized spacial score (nSPS) is 18.9. The van der Waals surface area contributed by atoms with E-state index in [4.69, 9.17) is 4.74 Å². The largest absolute Gasteiger partial charge is 0.421 e. The van der Waals surface area contributed by atoms with Crippen molar-refractivity contribution in [2.45, 2.75) is 0 Å². The molecule has 0 aliphatic carbocycles. The topological polar surface area (TPSA) is 98.9 Å². The van der Waals surface area contributed by atoms with Gasteiger partial charge in [0.25, 0.3) is 0 Å². The van der Waals surface area contributed by atoms with Gasteiger partial charge in [0.2, 0.25) is 0 Å². The summed E-state index contributed by atoms with van der Waals surface area (Å²) in [7, 11) is -2.43. The van der Waals surface area contributed by atoms with E-state index in [0.717, 1.165) is 4.31 Å². The third-order valence-electron chi connectivity index (χ3n) is 1.83. The Morgan fingerprint density at radius 2 is 2.14 bits per heavy atom. The van der Waals surface area contributed by atoms with E-state index in [-0.39, 0.29) is 5.92 Å². The lowest BCUT2D eigenvalue weighted by molar-refractivity contribution is 0.0762. The van der Waals surface area contributed by atoms with Gasteiger partial charge in [-0.1, -0.05) is 0 Å². The molecule has 0 aromatic carbocycles. The van der Waals surface area contributed by atoms with E-state index >= 15 is 0 Å². The number of nitrogens with two attached hydrogens (primary N) is 1. The molecule has 0 bridgehead atoms. The van der Waals surface area contributed by atoms with E-state index in [0.29, 0.717) is 19.7 Å². The summed E-state index contributed by atoms with van der Waals surface area (Å²) < 4.78 is 32.1. The van der Waals surface area contributed by atoms with Crippen LogP contribution in [-0.4, -0.2) is 45.6 Å². The smallest absolute Gasteiger partial charge is 0.384 e. The zero-order valence-corrected chi connectivity index (χ0v) is 8.49. The number of amides is 1. The molecular weight excluding hydrogens is 212 g/mol. The Hall–Kier alpha value is -0.860. The molecule has 0 aromatic rings. The zero-order valence-electron chi connectivity index (χ0n) is 7.67. The SMILES string of the molecule is COCC1CN(S(=O)(=O)OC(N)=O)C1. The quantitative estimate of drug-likeness (QED) is 0.653. The van der Waals surface area contributed by atoms with Crippen molar-refractivity contribution in [2.75, 3.05) is 26.8 Å². The highest BCUT2D eigenvalue weighted by atomic mass is 32.2. The van der Waals surface area contributed by atoms with Crippen LogP contribution in [0, 0.1) is 5.92 Å². The van der Waals surface area contributed by atoms with Crippen LogP contribution in [0.3, 0.4) is 0 Å². The molecule has 82 valence electrons. The molecule has 1 amide bonds. The predicted molar refractivity (Wildman–Crippen MR) is 46.5 cm³/mol. The van der Waals surface area contributed by atoms with Crippen molar-refractivity contribution in [1.82, 2.24) is 4.31 Å². The van der Waals surface area contributed by atoms with Crippen molar-refractivity contribution in [3.05, 3.63) is 0 Å². The van der Waals surface area contributed by atoms with Gasteiger partial charge in [0.15, 0.2) is 0 Å². The van der Waals surface area contributed by atoms with Gasteiger partial charge in [-0.15, -0.1) is 0 Å². The molecule has 1 heterocycles. The molecular formula is C6H12N2O5S. The number of carbonyl (C=O) groups excluding carboxylic acids is 1. The fourth-order valence-corrected chi connectivity index (χ4v) is 2.30. The second-order valence-corrected chi connectivity index (χ2v) is 4.54. The highest BCUT2D eigenvalue weighted by Crippen LogP contribution is 2.20. The average Bonchev–Trinajstić information content (AvgIpc) is 1.92. The summed E-state index contributed by atoms with van der Waals surface area (Å²) in [6.45, 7) is 1.08. The fraction of sp³-hybridized carbons (Fsp3) is 0.833. The van der Waals surface area contributed by atoms with Gasteiger partial charge in [-0.2, -0.15) is 12.7 Å². The monoisotopic (exact) mass is 224 g/mol. The van der Waals surface area contributed by atoms with Crippen LogP contribution in [0.1, 0.15) is 0 Å². The first-order chi connectivity index (χ1) is 6.45. The summed E-state index contributed by atoms with van der Waals surface area (Å²) in [4.78, 5) is 10.2. The molecule has 1 rings (SSSR count). The van der Waals surface area contributed by atoms with Crippen LogP contribution >= 0.6 is 0 Å². The summed E-state index contributed by atoms with van der Waals surface area (Å²) >= 11 is 0. The number of primary amides is 1. The number of hydrogen-bond donors (Lipinski definition) is 1. The van der Waals surface area contributed by atoms with Crippen LogP contribution in [-0.2, 0) is 19.2 Å². The van der Waals surface area contributed by atoms with Crippen LogP contribution in [0.25, 0.3) is 0 Å². The van der Waals surface area contributed by atoms with Gasteiger partial charge in [-0.05, 0) is 0 Å². The number of nitrogens with zero attached hydrogens (tertiary/aromatic N) is 1. The minimum absolute atomic E-state index is 0.159. The molecule has 0 unspecified atom stereocenters. The van der Waals surface area contributed by atoms with Crippen molar-refractivity contribution in [1.29, 1.82) is 0 Å². The second kappa shape index (κ2) is 4.11. The van der Waals surface area contributed by atoms with E-state index in [1.54, 1.807) is 0 Å². The molecule has 0 saturated carbocycles. The Morgan fingerprint density at radius 1 is 1.57 bits per heavy atom. The van der Waals surface area contributed by atoms with Gasteiger partial charge >= 0.3 is 16.4 Å². The van der Waals surface area contributed by atoms with Crippen molar-refractivity contribution < 1.29 is 22.1 Å². The van der Waals surface area contributed by atoms with Crippen LogP contribution in [0.15, 0.2) is 0 Å². The third kappa shape index (κ3) is 2.56. The highest BCUT2D eigenvalue weighted by Gasteiger charge is 2.37. The lowest BCUT2D eigenvalue weighted by Crippen LogP contribution is -2.52. The van der Waals surface area contributed by atoms with E-state index in [1.807, 2.05) is 0 Å². The number of ether oxygens (including phenoxy) is 1. The minimum Gasteiger partial charge on any atom is -0.384 e. The van der Waals surface area contributed by atoms with Crippen molar-refractivity contribution in [2.24, 2.45) is 11.7 Å². The summed E-state index contributed by atoms with van der Waals surface area (Å²) in [5.74, 6) is 0.159. The maximum absolute atomic E-state index is 11.1. The summed E-state index contributed by atoms with van der Waals surface area (Å²) in [6.07, 6.45) is -1.32. The maximum atomic E-state index is 11.1. The minimum atomic E-state index is -3.97. The number of hydrogen-bond acceptors (Lipinski definition) is 5. The molecule has 0 atom stereocenters. The first-order valence-corrected chi connectivity index (χ1v) is 5.30. The number of methoxy groups -OCH3 is 1. The molecule has 0 radical (unpaired) electrons. The molecule has 1 saturated heterocycles. The molecule has 1 aliphatic heterocycles. The van der Waals surface area contributed by atoms with Crippen molar-refractivity contribution in [3.8, 4) is 0 Å². The Morgan fingerprint density at radius 3 is 2.57 bits per heavy atom. The molecule has 8 heteroatoms.